The Morgan fingerprint density at radius 3 is 1.42 bits per heavy atom. The van der Waals surface area contributed by atoms with Crippen LogP contribution in [0.25, 0.3) is 17.2 Å². The number of hydrogen-bond donors (Lipinski definition) is 0. The largest absolute Gasteiger partial charge is 0.0751 e. The van der Waals surface area contributed by atoms with Crippen LogP contribution in [0.5, 0.6) is 0 Å². The number of rotatable bonds is 8. The molecule has 0 amide bonds. The van der Waals surface area contributed by atoms with E-state index in [4.69, 9.17) is 0 Å². The van der Waals surface area contributed by atoms with Crippen molar-refractivity contribution in [3.05, 3.63) is 243 Å². The predicted molar refractivity (Wildman–Crippen MR) is 209 cm³/mol. The van der Waals surface area contributed by atoms with Crippen LogP contribution in [-0.2, 0) is 18.3 Å². The van der Waals surface area contributed by atoms with Crippen LogP contribution < -0.4 is 0 Å². The van der Waals surface area contributed by atoms with Gasteiger partial charge < -0.3 is 0 Å². The highest BCUT2D eigenvalue weighted by Gasteiger charge is 2.53. The maximum Gasteiger partial charge on any atom is 0.0415 e. The zero-order valence-electron chi connectivity index (χ0n) is 28.5. The van der Waals surface area contributed by atoms with Crippen LogP contribution in [0.3, 0.4) is 0 Å². The van der Waals surface area contributed by atoms with Gasteiger partial charge in [-0.25, -0.2) is 0 Å². The molecule has 240 valence electrons. The standard InChI is InChI=1S/C50H40/c1-35-22-26-43-40(30-35)25-29-48(43)50(41-18-10-4-11-19-41,42-20-12-5-13-21-42)49-46-33-38(31-36-14-6-2-7-15-36)23-27-44(46)45-28-24-39(34-47(45)49)32-37-16-8-3-9-17-37/h2-30,33-34,48-49H,31-32H2,1H3. The number of fused-ring (bicyclic) bond motifs is 4. The molecule has 9 rings (SSSR count). The summed E-state index contributed by atoms with van der Waals surface area (Å²) in [7, 11) is 0. The normalized spacial score (nSPS) is 14.7. The first-order valence-corrected chi connectivity index (χ1v) is 17.9. The van der Waals surface area contributed by atoms with Gasteiger partial charge in [-0.15, -0.1) is 0 Å². The molecule has 0 fully saturated rings. The van der Waals surface area contributed by atoms with E-state index < -0.39 is 5.41 Å². The Morgan fingerprint density at radius 2 is 0.920 bits per heavy atom. The monoisotopic (exact) mass is 640 g/mol. The average Bonchev–Trinajstić information content (AvgIpc) is 3.73. The van der Waals surface area contributed by atoms with Crippen molar-refractivity contribution >= 4 is 6.08 Å². The van der Waals surface area contributed by atoms with Gasteiger partial charge in [-0.1, -0.05) is 194 Å². The van der Waals surface area contributed by atoms with Gasteiger partial charge in [0.1, 0.15) is 0 Å². The molecule has 0 nitrogen and oxygen atoms in total. The number of aryl methyl sites for hydroxylation is 1. The molecule has 0 aliphatic heterocycles. The zero-order chi connectivity index (χ0) is 33.5. The molecule has 1 atom stereocenters. The lowest BCUT2D eigenvalue weighted by atomic mass is 9.55. The number of hydrogen-bond acceptors (Lipinski definition) is 0. The van der Waals surface area contributed by atoms with Crippen LogP contribution in [0.1, 0.15) is 73.0 Å². The van der Waals surface area contributed by atoms with Gasteiger partial charge in [0, 0.05) is 17.3 Å². The third kappa shape index (κ3) is 5.15. The van der Waals surface area contributed by atoms with Crippen LogP contribution in [0.2, 0.25) is 0 Å². The minimum absolute atomic E-state index is 0.0747. The lowest BCUT2D eigenvalue weighted by Gasteiger charge is -2.46. The Bertz CT molecular complexity index is 2180. The molecule has 2 aliphatic carbocycles. The molecule has 0 radical (unpaired) electrons. The van der Waals surface area contributed by atoms with Crippen LogP contribution in [0.4, 0.5) is 0 Å². The second-order valence-electron chi connectivity index (χ2n) is 14.2. The summed E-state index contributed by atoms with van der Waals surface area (Å²) in [5.74, 6) is 0.202. The summed E-state index contributed by atoms with van der Waals surface area (Å²) in [6.45, 7) is 2.20. The number of allylic oxidation sites excluding steroid dienone is 1. The second kappa shape index (κ2) is 12.6. The highest BCUT2D eigenvalue weighted by molar-refractivity contribution is 5.82. The molecular weight excluding hydrogens is 601 g/mol. The lowest BCUT2D eigenvalue weighted by molar-refractivity contribution is 0.416. The van der Waals surface area contributed by atoms with E-state index in [1.165, 1.54) is 72.3 Å². The van der Waals surface area contributed by atoms with Crippen molar-refractivity contribution in [3.8, 4) is 11.1 Å². The third-order valence-corrected chi connectivity index (χ3v) is 11.1. The van der Waals surface area contributed by atoms with Gasteiger partial charge in [-0.3, -0.25) is 0 Å². The first-order valence-electron chi connectivity index (χ1n) is 17.9. The molecule has 7 aromatic carbocycles. The molecule has 0 bridgehead atoms. The first kappa shape index (κ1) is 30.3. The van der Waals surface area contributed by atoms with Gasteiger partial charge in [0.15, 0.2) is 0 Å². The summed E-state index contributed by atoms with van der Waals surface area (Å²) in [4.78, 5) is 0. The lowest BCUT2D eigenvalue weighted by Crippen LogP contribution is -2.40. The summed E-state index contributed by atoms with van der Waals surface area (Å²) < 4.78 is 0. The van der Waals surface area contributed by atoms with E-state index in [2.05, 4.69) is 195 Å². The van der Waals surface area contributed by atoms with E-state index in [-0.39, 0.29) is 11.8 Å². The van der Waals surface area contributed by atoms with Gasteiger partial charge in [0.05, 0.1) is 0 Å². The van der Waals surface area contributed by atoms with Gasteiger partial charge in [0.25, 0.3) is 0 Å². The molecule has 0 heteroatoms. The topological polar surface area (TPSA) is 0 Å². The summed E-state index contributed by atoms with van der Waals surface area (Å²) in [5.41, 5.74) is 17.2. The molecule has 1 unspecified atom stereocenters. The smallest absolute Gasteiger partial charge is 0.0415 e. The summed E-state index contributed by atoms with van der Waals surface area (Å²) >= 11 is 0. The Labute approximate surface area is 296 Å². The van der Waals surface area contributed by atoms with Crippen molar-refractivity contribution in [2.24, 2.45) is 0 Å². The molecule has 7 aromatic rings. The molecule has 0 aromatic heterocycles. The Balaban J connectivity index is 1.34. The van der Waals surface area contributed by atoms with Gasteiger partial charge in [0.2, 0.25) is 0 Å². The highest BCUT2D eigenvalue weighted by Crippen LogP contribution is 2.63. The highest BCUT2D eigenvalue weighted by atomic mass is 14.5. The van der Waals surface area contributed by atoms with Gasteiger partial charge in [-0.05, 0) is 86.5 Å². The van der Waals surface area contributed by atoms with Crippen LogP contribution in [-0.4, -0.2) is 0 Å². The van der Waals surface area contributed by atoms with Crippen LogP contribution >= 0.6 is 0 Å². The van der Waals surface area contributed by atoms with E-state index >= 15 is 0 Å². The first-order chi connectivity index (χ1) is 24.7. The van der Waals surface area contributed by atoms with E-state index in [0.717, 1.165) is 12.8 Å². The van der Waals surface area contributed by atoms with Crippen molar-refractivity contribution in [1.29, 1.82) is 0 Å². The van der Waals surface area contributed by atoms with Crippen molar-refractivity contribution in [3.63, 3.8) is 0 Å². The van der Waals surface area contributed by atoms with Gasteiger partial charge in [-0.2, -0.15) is 0 Å². The van der Waals surface area contributed by atoms with E-state index in [0.29, 0.717) is 0 Å². The second-order valence-corrected chi connectivity index (χ2v) is 14.2. The molecule has 2 aliphatic rings. The van der Waals surface area contributed by atoms with Crippen molar-refractivity contribution in [1.82, 2.24) is 0 Å². The summed E-state index contributed by atoms with van der Waals surface area (Å²) in [5, 5.41) is 0. The molecule has 0 saturated carbocycles. The van der Waals surface area contributed by atoms with Crippen molar-refractivity contribution < 1.29 is 0 Å². The van der Waals surface area contributed by atoms with Gasteiger partial charge >= 0.3 is 0 Å². The fraction of sp³-hybridized carbons (Fsp3) is 0.120. The summed E-state index contributed by atoms with van der Waals surface area (Å²) in [6, 6.07) is 66.2. The molecule has 0 saturated heterocycles. The molecule has 0 spiro atoms. The predicted octanol–water partition coefficient (Wildman–Crippen LogP) is 12.1. The van der Waals surface area contributed by atoms with Crippen molar-refractivity contribution in [2.75, 3.05) is 0 Å². The third-order valence-electron chi connectivity index (χ3n) is 11.1. The maximum atomic E-state index is 2.54. The van der Waals surface area contributed by atoms with E-state index in [1.807, 2.05) is 0 Å². The molecule has 50 heavy (non-hydrogen) atoms. The molecule has 0 heterocycles. The average molecular weight is 641 g/mol. The van der Waals surface area contributed by atoms with Crippen molar-refractivity contribution in [2.45, 2.75) is 37.0 Å². The maximum absolute atomic E-state index is 2.54. The summed E-state index contributed by atoms with van der Waals surface area (Å²) in [6.07, 6.45) is 6.70. The Morgan fingerprint density at radius 1 is 0.440 bits per heavy atom. The fourth-order valence-electron chi connectivity index (χ4n) is 9.02. The quantitative estimate of drug-likeness (QED) is 0.155. The van der Waals surface area contributed by atoms with Crippen LogP contribution in [0.15, 0.2) is 182 Å². The van der Waals surface area contributed by atoms with E-state index in [1.54, 1.807) is 0 Å². The number of benzene rings is 7. The zero-order valence-corrected chi connectivity index (χ0v) is 28.5. The molecule has 0 N–H and O–H groups in total. The fourth-order valence-corrected chi connectivity index (χ4v) is 9.02. The Kier molecular flexibility index (Phi) is 7.66. The van der Waals surface area contributed by atoms with Crippen LogP contribution in [0, 0.1) is 6.92 Å². The molecular formula is C50H40. The SMILES string of the molecule is Cc1ccc2c(c1)C=CC2C(c1ccccc1)(c1ccccc1)C1c2cc(Cc3ccccc3)ccc2-c2ccc(Cc3ccccc3)cc21. The minimum Gasteiger partial charge on any atom is -0.0751 e. The minimum atomic E-state index is -0.420. The Hall–Kier alpha value is -5.72. The van der Waals surface area contributed by atoms with E-state index in [9.17, 15) is 0 Å².